The summed E-state index contributed by atoms with van der Waals surface area (Å²) in [6.45, 7) is -0.301. The molecule has 36 heavy (non-hydrogen) atoms. The third-order valence-electron chi connectivity index (χ3n) is 4.93. The normalized spacial score (nSPS) is 13.2. The molecule has 3 aromatic rings. The minimum Gasteiger partial charge on any atom is -0.465 e. The number of hydrogen-bond donors (Lipinski definition) is 2. The maximum Gasteiger partial charge on any atom is 0.344 e. The zero-order chi connectivity index (χ0) is 26.7. The Hall–Kier alpha value is -3.20. The maximum atomic E-state index is 13.4. The van der Waals surface area contributed by atoms with Crippen molar-refractivity contribution in [1.29, 1.82) is 0 Å². The first-order valence-corrected chi connectivity index (χ1v) is 15.5. The number of nitrogens with one attached hydrogen (secondary N) is 2. The summed E-state index contributed by atoms with van der Waals surface area (Å²) in [7, 11) is -12.7. The number of benzene rings is 2. The topological polar surface area (TPSA) is 166 Å². The van der Waals surface area contributed by atoms with Crippen LogP contribution in [0.15, 0.2) is 80.2 Å². The largest absolute Gasteiger partial charge is 0.465 e. The highest BCUT2D eigenvalue weighted by molar-refractivity contribution is 7.93. The van der Waals surface area contributed by atoms with Gasteiger partial charge < -0.3 is 14.5 Å². The minimum absolute atomic E-state index is 0.301. The second kappa shape index (κ2) is 10.4. The quantitative estimate of drug-likeness (QED) is 0.353. The molecule has 3 rings (SSSR count). The zero-order valence-electron chi connectivity index (χ0n) is 19.5. The van der Waals surface area contributed by atoms with Crippen LogP contribution in [0.5, 0.6) is 0 Å². The standard InChI is InChI=1S/C22H24N2O9S3/c1-32-20(25)18-19(22(35(3,28)29)33-21(18)34(2,26)27)36(30,31)23-14-17(15-10-6-4-7-11-15)24-16-12-8-5-9-13-16/h4-13,17,23-24H,14H2,1-3H3. The van der Waals surface area contributed by atoms with Gasteiger partial charge in [0.05, 0.1) is 13.2 Å². The number of carbonyl (C=O) groups is 1. The first-order valence-electron chi connectivity index (χ1n) is 10.3. The molecule has 0 amide bonds. The SMILES string of the molecule is COC(=O)c1c(S(C)(=O)=O)oc(S(C)(=O)=O)c1S(=O)(=O)NCC(Nc1ccccc1)c1ccccc1. The van der Waals surface area contributed by atoms with E-state index >= 15 is 0 Å². The smallest absolute Gasteiger partial charge is 0.344 e. The average Bonchev–Trinajstić information content (AvgIpc) is 3.26. The van der Waals surface area contributed by atoms with Crippen LogP contribution in [-0.2, 0) is 34.4 Å². The molecule has 0 aliphatic heterocycles. The number of sulfonamides is 1. The fraction of sp³-hybridized carbons (Fsp3) is 0.227. The van der Waals surface area contributed by atoms with E-state index in [1.807, 2.05) is 6.07 Å². The number of methoxy groups -OCH3 is 1. The summed E-state index contributed by atoms with van der Waals surface area (Å²) >= 11 is 0. The van der Waals surface area contributed by atoms with Crippen molar-refractivity contribution in [3.05, 3.63) is 71.8 Å². The molecule has 1 aromatic heterocycles. The number of sulfone groups is 2. The second-order valence-electron chi connectivity index (χ2n) is 7.74. The third-order valence-corrected chi connectivity index (χ3v) is 8.45. The van der Waals surface area contributed by atoms with Gasteiger partial charge in [0.15, 0.2) is 4.90 Å². The summed E-state index contributed by atoms with van der Waals surface area (Å²) in [4.78, 5) is 11.3. The highest BCUT2D eigenvalue weighted by Crippen LogP contribution is 2.34. The van der Waals surface area contributed by atoms with Gasteiger partial charge in [-0.3, -0.25) is 0 Å². The van der Waals surface area contributed by atoms with Crippen LogP contribution in [-0.4, -0.2) is 57.4 Å². The Bertz CT molecular complexity index is 1560. The Balaban J connectivity index is 2.11. The molecule has 0 radical (unpaired) electrons. The number of para-hydroxylation sites is 1. The van der Waals surface area contributed by atoms with Gasteiger partial charge in [-0.15, -0.1) is 0 Å². The van der Waals surface area contributed by atoms with Gasteiger partial charge in [-0.2, -0.15) is 0 Å². The van der Waals surface area contributed by atoms with Gasteiger partial charge in [-0.1, -0.05) is 48.5 Å². The Kier molecular flexibility index (Phi) is 7.93. The van der Waals surface area contributed by atoms with Crippen LogP contribution >= 0.6 is 0 Å². The number of rotatable bonds is 10. The summed E-state index contributed by atoms with van der Waals surface area (Å²) < 4.78 is 87.8. The van der Waals surface area contributed by atoms with Crippen LogP contribution in [0, 0.1) is 0 Å². The number of anilines is 1. The lowest BCUT2D eigenvalue weighted by Crippen LogP contribution is -2.33. The van der Waals surface area contributed by atoms with Gasteiger partial charge in [0.1, 0.15) is 5.56 Å². The van der Waals surface area contributed by atoms with E-state index in [9.17, 15) is 30.0 Å². The highest BCUT2D eigenvalue weighted by atomic mass is 32.2. The van der Waals surface area contributed by atoms with E-state index in [1.165, 1.54) is 0 Å². The Morgan fingerprint density at radius 2 is 1.39 bits per heavy atom. The molecule has 1 unspecified atom stereocenters. The first kappa shape index (κ1) is 27.4. The van der Waals surface area contributed by atoms with Gasteiger partial charge in [0.25, 0.3) is 0 Å². The van der Waals surface area contributed by atoms with Crippen molar-refractivity contribution in [2.24, 2.45) is 0 Å². The molecule has 0 spiro atoms. The van der Waals surface area contributed by atoms with Crippen LogP contribution in [0.4, 0.5) is 5.69 Å². The summed E-state index contributed by atoms with van der Waals surface area (Å²) in [5.74, 6) is -1.39. The molecule has 0 aliphatic rings. The van der Waals surface area contributed by atoms with Gasteiger partial charge >= 0.3 is 5.97 Å². The van der Waals surface area contributed by atoms with Crippen LogP contribution in [0.25, 0.3) is 0 Å². The molecule has 11 nitrogen and oxygen atoms in total. The number of carbonyl (C=O) groups excluding carboxylic acids is 1. The molecule has 2 aromatic carbocycles. The van der Waals surface area contributed by atoms with Gasteiger partial charge in [-0.25, -0.2) is 34.8 Å². The molecular formula is C22H24N2O9S3. The number of furan rings is 1. The van der Waals surface area contributed by atoms with Crippen LogP contribution in [0.3, 0.4) is 0 Å². The molecule has 14 heteroatoms. The summed E-state index contributed by atoms with van der Waals surface area (Å²) in [6.07, 6.45) is 1.27. The predicted octanol–water partition coefficient (Wildman–Crippen LogP) is 2.00. The molecule has 2 N–H and O–H groups in total. The van der Waals surface area contributed by atoms with Crippen LogP contribution < -0.4 is 10.0 Å². The molecule has 194 valence electrons. The van der Waals surface area contributed by atoms with Crippen molar-refractivity contribution in [2.75, 3.05) is 31.5 Å². The monoisotopic (exact) mass is 556 g/mol. The van der Waals surface area contributed by atoms with E-state index in [-0.39, 0.29) is 6.54 Å². The lowest BCUT2D eigenvalue weighted by atomic mass is 10.1. The molecular weight excluding hydrogens is 532 g/mol. The van der Waals surface area contributed by atoms with E-state index in [0.717, 1.165) is 7.11 Å². The molecule has 1 atom stereocenters. The highest BCUT2D eigenvalue weighted by Gasteiger charge is 2.41. The van der Waals surface area contributed by atoms with Gasteiger partial charge in [-0.05, 0) is 17.7 Å². The molecule has 0 bridgehead atoms. The third kappa shape index (κ3) is 6.13. The summed E-state index contributed by atoms with van der Waals surface area (Å²) in [5, 5.41) is 0.867. The van der Waals surface area contributed by atoms with Crippen molar-refractivity contribution in [2.45, 2.75) is 21.1 Å². The first-order chi connectivity index (χ1) is 16.8. The lowest BCUT2D eigenvalue weighted by molar-refractivity contribution is 0.0589. The fourth-order valence-corrected chi connectivity index (χ4v) is 6.94. The van der Waals surface area contributed by atoms with E-state index in [2.05, 4.69) is 14.8 Å². The molecule has 0 saturated heterocycles. The number of ether oxygens (including phenoxy) is 1. The van der Waals surface area contributed by atoms with E-state index < -0.39 is 62.4 Å². The predicted molar refractivity (Wildman–Crippen MR) is 131 cm³/mol. The van der Waals surface area contributed by atoms with Gasteiger partial charge in [0, 0.05) is 24.7 Å². The maximum absolute atomic E-state index is 13.4. The zero-order valence-corrected chi connectivity index (χ0v) is 21.9. The number of hydrogen-bond acceptors (Lipinski definition) is 10. The van der Waals surface area contributed by atoms with E-state index in [0.29, 0.717) is 23.8 Å². The molecule has 0 fully saturated rings. The molecule has 0 aliphatic carbocycles. The van der Waals surface area contributed by atoms with Crippen LogP contribution in [0.2, 0.25) is 0 Å². The van der Waals surface area contributed by atoms with Crippen molar-refractivity contribution >= 4 is 41.4 Å². The van der Waals surface area contributed by atoms with E-state index in [1.54, 1.807) is 54.6 Å². The second-order valence-corrected chi connectivity index (χ2v) is 13.3. The Labute approximate surface area is 209 Å². The average molecular weight is 557 g/mol. The molecule has 0 saturated carbocycles. The van der Waals surface area contributed by atoms with Crippen molar-refractivity contribution in [1.82, 2.24) is 4.72 Å². The Morgan fingerprint density at radius 1 is 0.861 bits per heavy atom. The fourth-order valence-electron chi connectivity index (χ4n) is 3.34. The number of esters is 1. The van der Waals surface area contributed by atoms with E-state index in [4.69, 9.17) is 4.42 Å². The van der Waals surface area contributed by atoms with Crippen LogP contribution in [0.1, 0.15) is 22.0 Å². The summed E-state index contributed by atoms with van der Waals surface area (Å²) in [5.41, 5.74) is 0.352. The van der Waals surface area contributed by atoms with Crippen molar-refractivity contribution in [3.8, 4) is 0 Å². The molecule has 1 heterocycles. The van der Waals surface area contributed by atoms with Gasteiger partial charge in [0.2, 0.25) is 39.9 Å². The lowest BCUT2D eigenvalue weighted by Gasteiger charge is -2.21. The summed E-state index contributed by atoms with van der Waals surface area (Å²) in [6, 6.07) is 17.1. The minimum atomic E-state index is -4.82. The van der Waals surface area contributed by atoms with Crippen molar-refractivity contribution in [3.63, 3.8) is 0 Å². The van der Waals surface area contributed by atoms with Crippen molar-refractivity contribution < 1.29 is 39.2 Å². The Morgan fingerprint density at radius 3 is 1.89 bits per heavy atom.